The Morgan fingerprint density at radius 3 is 2.48 bits per heavy atom. The zero-order valence-corrected chi connectivity index (χ0v) is 16.6. The molecule has 144 valence electrons. The first-order valence-corrected chi connectivity index (χ1v) is 9.73. The predicted molar refractivity (Wildman–Crippen MR) is 118 cm³/mol. The molecule has 0 saturated heterocycles. The third kappa shape index (κ3) is 3.02. The lowest BCUT2D eigenvalue weighted by Crippen LogP contribution is -2.37. The number of anilines is 1. The number of ether oxygens (including phenoxy) is 1. The molecule has 4 aromatic carbocycles. The summed E-state index contributed by atoms with van der Waals surface area (Å²) in [4.78, 5) is 17.0. The molecule has 0 atom stereocenters. The first-order chi connectivity index (χ1) is 14.1. The molecule has 1 aliphatic heterocycles. The van der Waals surface area contributed by atoms with E-state index in [-0.39, 0.29) is 5.91 Å². The number of methoxy groups -OCH3 is 1. The first-order valence-electron chi connectivity index (χ1n) is 9.73. The van der Waals surface area contributed by atoms with Gasteiger partial charge in [-0.3, -0.25) is 14.6 Å². The molecule has 0 saturated carbocycles. The second-order valence-electron chi connectivity index (χ2n) is 7.62. The minimum absolute atomic E-state index is 0.0780. The number of hydrogen-bond acceptors (Lipinski definition) is 3. The van der Waals surface area contributed by atoms with Gasteiger partial charge >= 0.3 is 0 Å². The summed E-state index contributed by atoms with van der Waals surface area (Å²) in [7, 11) is 3.73. The van der Waals surface area contributed by atoms with E-state index in [1.807, 2.05) is 41.3 Å². The molecule has 0 N–H and O–H groups in total. The van der Waals surface area contributed by atoms with E-state index in [0.717, 1.165) is 39.7 Å². The molecule has 1 heterocycles. The Labute approximate surface area is 169 Å². The van der Waals surface area contributed by atoms with Crippen molar-refractivity contribution in [2.24, 2.45) is 0 Å². The molecule has 5 rings (SSSR count). The summed E-state index contributed by atoms with van der Waals surface area (Å²) >= 11 is 0. The van der Waals surface area contributed by atoms with Crippen LogP contribution in [0.5, 0.6) is 5.75 Å². The Balaban J connectivity index is 1.37. The average molecular weight is 382 g/mol. The quantitative estimate of drug-likeness (QED) is 0.484. The zero-order valence-electron chi connectivity index (χ0n) is 16.6. The van der Waals surface area contributed by atoms with Gasteiger partial charge in [-0.2, -0.15) is 0 Å². The van der Waals surface area contributed by atoms with Gasteiger partial charge in [0, 0.05) is 17.5 Å². The molecule has 0 unspecified atom stereocenters. The predicted octanol–water partition coefficient (Wildman–Crippen LogP) is 5.05. The standard InChI is InChI=1S/C25H22N2O2/c1-26(15-17-9-10-20-14-21(29-2)12-11-19(20)13-17)16-27-23-8-4-6-18-5-3-7-22(24(18)23)25(27)28/h3-14H,15-16H2,1-2H3. The Bertz CT molecular complexity index is 1240. The molecule has 0 bridgehead atoms. The van der Waals surface area contributed by atoms with Crippen LogP contribution in [0.4, 0.5) is 5.69 Å². The summed E-state index contributed by atoms with van der Waals surface area (Å²) < 4.78 is 5.31. The second-order valence-corrected chi connectivity index (χ2v) is 7.62. The molecular formula is C25H22N2O2. The largest absolute Gasteiger partial charge is 0.497 e. The van der Waals surface area contributed by atoms with Crippen LogP contribution >= 0.6 is 0 Å². The lowest BCUT2D eigenvalue weighted by Gasteiger charge is -2.25. The second kappa shape index (κ2) is 6.90. The SMILES string of the molecule is COc1ccc2cc(CN(C)CN3C(=O)c4cccc5cccc3c45)ccc2c1. The number of hydrogen-bond donors (Lipinski definition) is 0. The van der Waals surface area contributed by atoms with Gasteiger partial charge in [0.05, 0.1) is 19.5 Å². The lowest BCUT2D eigenvalue weighted by atomic mass is 10.1. The van der Waals surface area contributed by atoms with Crippen LogP contribution in [0, 0.1) is 0 Å². The molecule has 1 aliphatic rings. The summed E-state index contributed by atoms with van der Waals surface area (Å²) in [6.45, 7) is 1.31. The Hall–Kier alpha value is -3.37. The molecule has 0 spiro atoms. The highest BCUT2D eigenvalue weighted by atomic mass is 16.5. The molecule has 0 aromatic heterocycles. The topological polar surface area (TPSA) is 32.8 Å². The van der Waals surface area contributed by atoms with Crippen molar-refractivity contribution in [3.8, 4) is 5.75 Å². The van der Waals surface area contributed by atoms with Crippen molar-refractivity contribution in [3.63, 3.8) is 0 Å². The summed E-state index contributed by atoms with van der Waals surface area (Å²) in [6, 6.07) is 24.6. The highest BCUT2D eigenvalue weighted by Crippen LogP contribution is 2.37. The molecule has 0 fully saturated rings. The minimum atomic E-state index is 0.0780. The van der Waals surface area contributed by atoms with Crippen LogP contribution in [0.1, 0.15) is 15.9 Å². The monoisotopic (exact) mass is 382 g/mol. The fourth-order valence-electron chi connectivity index (χ4n) is 4.22. The average Bonchev–Trinajstić information content (AvgIpc) is 3.01. The van der Waals surface area contributed by atoms with Crippen molar-refractivity contribution >= 4 is 33.1 Å². The highest BCUT2D eigenvalue weighted by molar-refractivity contribution is 6.24. The number of carbonyl (C=O) groups excluding carboxylic acids is 1. The van der Waals surface area contributed by atoms with Gasteiger partial charge in [-0.05, 0) is 59.1 Å². The Morgan fingerprint density at radius 1 is 0.897 bits per heavy atom. The number of benzene rings is 4. The smallest absolute Gasteiger partial charge is 0.260 e. The number of amides is 1. The van der Waals surface area contributed by atoms with Crippen LogP contribution in [0.25, 0.3) is 21.5 Å². The molecule has 0 aliphatic carbocycles. The number of fused-ring (bicyclic) bond motifs is 1. The lowest BCUT2D eigenvalue weighted by molar-refractivity contribution is 0.0977. The van der Waals surface area contributed by atoms with Gasteiger partial charge in [-0.1, -0.05) is 42.5 Å². The van der Waals surface area contributed by atoms with Gasteiger partial charge in [0.2, 0.25) is 0 Å². The normalized spacial score (nSPS) is 13.1. The van der Waals surface area contributed by atoms with E-state index in [4.69, 9.17) is 4.74 Å². The van der Waals surface area contributed by atoms with E-state index in [2.05, 4.69) is 48.3 Å². The van der Waals surface area contributed by atoms with Crippen molar-refractivity contribution < 1.29 is 9.53 Å². The number of rotatable bonds is 5. The van der Waals surface area contributed by atoms with E-state index in [1.54, 1.807) is 7.11 Å². The van der Waals surface area contributed by atoms with Crippen LogP contribution < -0.4 is 9.64 Å². The van der Waals surface area contributed by atoms with Crippen LogP contribution in [-0.4, -0.2) is 31.6 Å². The van der Waals surface area contributed by atoms with E-state index < -0.39 is 0 Å². The first kappa shape index (κ1) is 17.7. The molecular weight excluding hydrogens is 360 g/mol. The number of carbonyl (C=O) groups is 1. The van der Waals surface area contributed by atoms with Crippen LogP contribution in [0.15, 0.2) is 72.8 Å². The van der Waals surface area contributed by atoms with Gasteiger partial charge in [-0.25, -0.2) is 0 Å². The molecule has 4 heteroatoms. The van der Waals surface area contributed by atoms with Crippen molar-refractivity contribution in [2.75, 3.05) is 25.7 Å². The molecule has 0 radical (unpaired) electrons. The third-order valence-electron chi connectivity index (χ3n) is 5.60. The van der Waals surface area contributed by atoms with Gasteiger partial charge < -0.3 is 4.74 Å². The maximum absolute atomic E-state index is 13.0. The highest BCUT2D eigenvalue weighted by Gasteiger charge is 2.29. The van der Waals surface area contributed by atoms with E-state index >= 15 is 0 Å². The Morgan fingerprint density at radius 2 is 1.66 bits per heavy atom. The van der Waals surface area contributed by atoms with Crippen molar-refractivity contribution in [1.82, 2.24) is 4.90 Å². The van der Waals surface area contributed by atoms with E-state index in [0.29, 0.717) is 6.67 Å². The molecule has 4 nitrogen and oxygen atoms in total. The fourth-order valence-corrected chi connectivity index (χ4v) is 4.22. The Kier molecular flexibility index (Phi) is 4.22. The van der Waals surface area contributed by atoms with Crippen LogP contribution in [0.3, 0.4) is 0 Å². The minimum Gasteiger partial charge on any atom is -0.497 e. The molecule has 4 aromatic rings. The molecule has 1 amide bonds. The van der Waals surface area contributed by atoms with Crippen molar-refractivity contribution in [2.45, 2.75) is 6.54 Å². The zero-order chi connectivity index (χ0) is 20.0. The summed E-state index contributed by atoms with van der Waals surface area (Å²) in [5, 5.41) is 4.52. The maximum Gasteiger partial charge on any atom is 0.260 e. The van der Waals surface area contributed by atoms with Gasteiger partial charge in [0.1, 0.15) is 5.75 Å². The van der Waals surface area contributed by atoms with Gasteiger partial charge in [0.25, 0.3) is 5.91 Å². The summed E-state index contributed by atoms with van der Waals surface area (Å²) in [6.07, 6.45) is 0. The van der Waals surface area contributed by atoms with Gasteiger partial charge in [-0.15, -0.1) is 0 Å². The van der Waals surface area contributed by atoms with Crippen LogP contribution in [-0.2, 0) is 6.54 Å². The summed E-state index contributed by atoms with van der Waals surface area (Å²) in [5.41, 5.74) is 3.01. The van der Waals surface area contributed by atoms with E-state index in [9.17, 15) is 4.79 Å². The molecule has 29 heavy (non-hydrogen) atoms. The summed E-state index contributed by atoms with van der Waals surface area (Å²) in [5.74, 6) is 0.943. The van der Waals surface area contributed by atoms with Crippen LogP contribution in [0.2, 0.25) is 0 Å². The van der Waals surface area contributed by atoms with Crippen molar-refractivity contribution in [3.05, 3.63) is 83.9 Å². The van der Waals surface area contributed by atoms with Crippen molar-refractivity contribution in [1.29, 1.82) is 0 Å². The maximum atomic E-state index is 13.0. The fraction of sp³-hybridized carbons (Fsp3) is 0.160. The third-order valence-corrected chi connectivity index (χ3v) is 5.60. The number of nitrogens with zero attached hydrogens (tertiary/aromatic N) is 2. The van der Waals surface area contributed by atoms with E-state index in [1.165, 1.54) is 10.9 Å². The van der Waals surface area contributed by atoms with Gasteiger partial charge in [0.15, 0.2) is 0 Å².